The van der Waals surface area contributed by atoms with Gasteiger partial charge in [-0.25, -0.2) is 0 Å². The third kappa shape index (κ3) is 5.37. The summed E-state index contributed by atoms with van der Waals surface area (Å²) in [5.74, 6) is 0. The summed E-state index contributed by atoms with van der Waals surface area (Å²) in [6.45, 7) is 0. The van der Waals surface area contributed by atoms with Crippen molar-refractivity contribution < 1.29 is 4.68 Å². The van der Waals surface area contributed by atoms with Crippen LogP contribution in [0.2, 0.25) is 0 Å². The fraction of sp³-hybridized carbons (Fsp3) is 0.0526. The lowest BCUT2D eigenvalue weighted by Gasteiger charge is -2.18. The molecule has 0 N–H and O–H groups in total. The van der Waals surface area contributed by atoms with Crippen LogP contribution in [0.1, 0.15) is 34.7 Å². The van der Waals surface area contributed by atoms with Crippen molar-refractivity contribution in [2.45, 2.75) is 12.5 Å². The molecule has 0 fully saturated rings. The van der Waals surface area contributed by atoms with E-state index in [4.69, 9.17) is 5.10 Å². The highest BCUT2D eigenvalue weighted by Gasteiger charge is 2.36. The van der Waals surface area contributed by atoms with Crippen LogP contribution in [0.15, 0.2) is 174 Å². The van der Waals surface area contributed by atoms with Gasteiger partial charge in [0.05, 0.1) is 6.42 Å². The predicted molar refractivity (Wildman–Crippen MR) is 174 cm³/mol. The Bertz CT molecular complexity index is 1710. The van der Waals surface area contributed by atoms with Crippen LogP contribution in [0.3, 0.4) is 0 Å². The lowest BCUT2D eigenvalue weighted by atomic mass is 9.97. The highest BCUT2D eigenvalue weighted by atomic mass is 32.2. The Morgan fingerprint density at radius 3 is 1.56 bits per heavy atom. The van der Waals surface area contributed by atoms with Gasteiger partial charge in [0.15, 0.2) is 0 Å². The van der Waals surface area contributed by atoms with Crippen molar-refractivity contribution in [2.75, 3.05) is 0 Å². The maximum atomic E-state index is 5.15. The van der Waals surface area contributed by atoms with E-state index in [1.165, 1.54) is 43.2 Å². The van der Waals surface area contributed by atoms with Crippen molar-refractivity contribution in [1.82, 2.24) is 0 Å². The second-order valence-corrected chi connectivity index (χ2v) is 11.3. The van der Waals surface area contributed by atoms with Gasteiger partial charge in [0.2, 0.25) is 11.8 Å². The number of hydrogen-bond donors (Lipinski definition) is 0. The summed E-state index contributed by atoms with van der Waals surface area (Å²) in [5.41, 5.74) is 9.54. The smallest absolute Gasteiger partial charge is 0.0888 e. The van der Waals surface area contributed by atoms with Crippen LogP contribution in [-0.2, 0) is 0 Å². The summed E-state index contributed by atoms with van der Waals surface area (Å²) in [6, 6.07) is 42.7. The van der Waals surface area contributed by atoms with E-state index in [9.17, 15) is 0 Å². The molecule has 3 aliphatic rings. The predicted octanol–water partition coefficient (Wildman–Crippen LogP) is 9.24. The molecule has 0 radical (unpaired) electrons. The summed E-state index contributed by atoms with van der Waals surface area (Å²) in [6.07, 6.45) is 14.4. The molecule has 4 aromatic carbocycles. The topological polar surface area (TPSA) is 15.4 Å². The van der Waals surface area contributed by atoms with E-state index in [-0.39, 0.29) is 6.04 Å². The number of hydrogen-bond acceptors (Lipinski definition) is 2. The minimum absolute atomic E-state index is 0.158. The van der Waals surface area contributed by atoms with Crippen molar-refractivity contribution in [2.24, 2.45) is 5.10 Å². The first-order chi connectivity index (χ1) is 20.3. The number of nitrogens with zero attached hydrogens (tertiary/aromatic N) is 2. The van der Waals surface area contributed by atoms with Gasteiger partial charge in [-0.1, -0.05) is 138 Å². The lowest BCUT2D eigenvalue weighted by molar-refractivity contribution is -0.566. The molecule has 1 aliphatic carbocycles. The van der Waals surface area contributed by atoms with Crippen molar-refractivity contribution >= 4 is 33.0 Å². The van der Waals surface area contributed by atoms with Crippen LogP contribution in [0.5, 0.6) is 0 Å². The third-order valence-corrected chi connectivity index (χ3v) is 8.72. The zero-order chi connectivity index (χ0) is 27.4. The second kappa shape index (κ2) is 11.4. The van der Waals surface area contributed by atoms with Crippen LogP contribution < -0.4 is 0 Å². The quantitative estimate of drug-likeness (QED) is 0.233. The first-order valence-corrected chi connectivity index (χ1v) is 14.8. The van der Waals surface area contributed by atoms with E-state index >= 15 is 0 Å². The molecule has 0 saturated carbocycles. The Balaban J connectivity index is 1.29. The third-order valence-electron chi connectivity index (χ3n) is 7.58. The molecule has 0 bridgehead atoms. The molecule has 2 heterocycles. The van der Waals surface area contributed by atoms with E-state index in [1.807, 2.05) is 11.8 Å². The molecule has 3 heteroatoms. The van der Waals surface area contributed by atoms with Gasteiger partial charge in [0.25, 0.3) is 0 Å². The van der Waals surface area contributed by atoms with E-state index in [0.29, 0.717) is 0 Å². The van der Waals surface area contributed by atoms with Gasteiger partial charge in [-0.05, 0) is 51.7 Å². The summed E-state index contributed by atoms with van der Waals surface area (Å²) >= 11 is 1.83. The standard InChI is InChI=1S/C38H29N2S/c1-5-13-29(14-6-1)35-27-36(30-15-7-2-8-16-30)40(39-35)34-23-21-28(22-24-34)33-25-37(31-17-9-3-10-18-31)41-38(26-33)32-19-11-4-12-20-32/h1-26,36H,27H2/q+1/t36-/m1/s1. The van der Waals surface area contributed by atoms with Crippen molar-refractivity contribution in [3.8, 4) is 0 Å². The molecule has 1 atom stereocenters. The fourth-order valence-electron chi connectivity index (χ4n) is 5.45. The molecule has 41 heavy (non-hydrogen) atoms. The van der Waals surface area contributed by atoms with Crippen LogP contribution >= 0.6 is 11.8 Å². The maximum Gasteiger partial charge on any atom is 0.232 e. The highest BCUT2D eigenvalue weighted by Crippen LogP contribution is 2.44. The second-order valence-electron chi connectivity index (χ2n) is 10.2. The molecule has 2 aliphatic heterocycles. The van der Waals surface area contributed by atoms with Gasteiger partial charge >= 0.3 is 0 Å². The first-order valence-electron chi connectivity index (χ1n) is 14.0. The lowest BCUT2D eigenvalue weighted by Crippen LogP contribution is -2.17. The van der Waals surface area contributed by atoms with E-state index in [2.05, 4.69) is 162 Å². The van der Waals surface area contributed by atoms with Crippen LogP contribution in [0, 0.1) is 0 Å². The van der Waals surface area contributed by atoms with Gasteiger partial charge in [-0.15, -0.1) is 0 Å². The van der Waals surface area contributed by atoms with Gasteiger partial charge in [0, 0.05) is 33.1 Å². The number of thioether (sulfide) groups is 1. The molecule has 7 rings (SSSR count). The van der Waals surface area contributed by atoms with Gasteiger partial charge < -0.3 is 0 Å². The Kier molecular flexibility index (Phi) is 7.02. The zero-order valence-electron chi connectivity index (χ0n) is 22.6. The molecule has 0 unspecified atom stereocenters. The number of hydrazone groups is 1. The number of allylic oxidation sites excluding steroid dienone is 8. The average molecular weight is 546 g/mol. The van der Waals surface area contributed by atoms with Crippen LogP contribution in [0.4, 0.5) is 0 Å². The molecule has 4 aromatic rings. The summed E-state index contributed by atoms with van der Waals surface area (Å²) in [4.78, 5) is 2.51. The van der Waals surface area contributed by atoms with Gasteiger partial charge in [-0.3, -0.25) is 0 Å². The van der Waals surface area contributed by atoms with Crippen LogP contribution in [0.25, 0.3) is 9.81 Å². The average Bonchev–Trinajstić information content (AvgIpc) is 3.52. The SMILES string of the molecule is C1=CC(=[N+]2N=C(c3ccccc3)C[C@@H]2c2ccccc2)C=CC1=C1C=C(c2ccccc2)SC(c2ccccc2)=C1. The summed E-state index contributed by atoms with van der Waals surface area (Å²) in [7, 11) is 0. The van der Waals surface area contributed by atoms with Gasteiger partial charge in [0.1, 0.15) is 5.71 Å². The molecule has 0 saturated heterocycles. The number of rotatable bonds is 4. The molecule has 0 spiro atoms. The summed E-state index contributed by atoms with van der Waals surface area (Å²) in [5, 5.41) is 5.15. The van der Waals surface area contributed by atoms with Crippen molar-refractivity contribution in [3.63, 3.8) is 0 Å². The minimum Gasteiger partial charge on any atom is -0.0888 e. The largest absolute Gasteiger partial charge is 0.232 e. The van der Waals surface area contributed by atoms with Crippen molar-refractivity contribution in [3.05, 3.63) is 191 Å². The van der Waals surface area contributed by atoms with E-state index < -0.39 is 0 Å². The molecule has 0 aromatic heterocycles. The fourth-order valence-corrected chi connectivity index (χ4v) is 6.57. The Labute approximate surface area is 245 Å². The maximum absolute atomic E-state index is 5.15. The molecule has 196 valence electrons. The Morgan fingerprint density at radius 1 is 0.537 bits per heavy atom. The van der Waals surface area contributed by atoms with Gasteiger partial charge in [-0.2, -0.15) is 0 Å². The molecular formula is C38H29N2S+. The van der Waals surface area contributed by atoms with E-state index in [0.717, 1.165) is 17.8 Å². The summed E-state index contributed by atoms with van der Waals surface area (Å²) < 4.78 is 2.19. The first kappa shape index (κ1) is 25.3. The Hall–Kier alpha value is -4.73. The molecule has 0 amide bonds. The van der Waals surface area contributed by atoms with Crippen molar-refractivity contribution in [1.29, 1.82) is 0 Å². The number of benzene rings is 4. The van der Waals surface area contributed by atoms with E-state index in [1.54, 1.807) is 0 Å². The monoisotopic (exact) mass is 545 g/mol. The minimum atomic E-state index is 0.158. The normalized spacial score (nSPS) is 18.3. The highest BCUT2D eigenvalue weighted by molar-refractivity contribution is 8.16. The molecule has 2 nitrogen and oxygen atoms in total. The zero-order valence-corrected chi connectivity index (χ0v) is 23.4. The molecular weight excluding hydrogens is 516 g/mol. The Morgan fingerprint density at radius 2 is 1.02 bits per heavy atom. The van der Waals surface area contributed by atoms with Crippen LogP contribution in [-0.4, -0.2) is 16.1 Å².